The van der Waals surface area contributed by atoms with Gasteiger partial charge in [0.1, 0.15) is 10.8 Å². The molecule has 1 aliphatic rings. The van der Waals surface area contributed by atoms with Crippen LogP contribution in [-0.2, 0) is 17.8 Å². The summed E-state index contributed by atoms with van der Waals surface area (Å²) in [6.45, 7) is 6.14. The summed E-state index contributed by atoms with van der Waals surface area (Å²) in [5, 5.41) is 0.376. The average Bonchev–Trinajstić information content (AvgIpc) is 2.58. The number of aromatic nitrogens is 2. The van der Waals surface area contributed by atoms with Gasteiger partial charge in [0.25, 0.3) is 0 Å². The van der Waals surface area contributed by atoms with Crippen molar-refractivity contribution in [1.29, 1.82) is 0 Å². The molecule has 0 saturated heterocycles. The normalized spacial score (nSPS) is 13.8. The molecule has 0 radical (unpaired) electrons. The molecule has 1 amide bonds. The quantitative estimate of drug-likeness (QED) is 0.542. The van der Waals surface area contributed by atoms with Crippen LogP contribution in [0.1, 0.15) is 39.5 Å². The number of fused-ring (bicyclic) bond motifs is 1. The summed E-state index contributed by atoms with van der Waals surface area (Å²) < 4.78 is 5.29. The third kappa shape index (κ3) is 3.70. The van der Waals surface area contributed by atoms with Gasteiger partial charge in [-0.25, -0.2) is 14.8 Å². The predicted octanol–water partition coefficient (Wildman–Crippen LogP) is 3.67. The summed E-state index contributed by atoms with van der Waals surface area (Å²) >= 11 is 11.7. The first-order valence-electron chi connectivity index (χ1n) is 5.45. The molecule has 0 aromatic carbocycles. The van der Waals surface area contributed by atoms with Crippen LogP contribution in [0, 0.1) is 0 Å². The number of hydrogen-bond acceptors (Lipinski definition) is 4. The van der Waals surface area contributed by atoms with E-state index < -0.39 is 11.7 Å². The van der Waals surface area contributed by atoms with Gasteiger partial charge in [-0.2, -0.15) is 0 Å². The van der Waals surface area contributed by atoms with Gasteiger partial charge >= 0.3 is 6.09 Å². The van der Waals surface area contributed by atoms with Gasteiger partial charge in [-0.3, -0.25) is 4.90 Å². The van der Waals surface area contributed by atoms with Gasteiger partial charge in [0.2, 0.25) is 5.28 Å². The number of rotatable bonds is 0. The number of amides is 1. The van der Waals surface area contributed by atoms with Crippen molar-refractivity contribution < 1.29 is 9.53 Å². The number of ether oxygens (including phenoxy) is 1. The minimum Gasteiger partial charge on any atom is -0.444 e. The SMILES string of the molecule is C.CC(C)(C)OC(=O)N1Cc2nc(Cl)nc(Cl)c2C1. The molecule has 1 aliphatic heterocycles. The van der Waals surface area contributed by atoms with Crippen molar-refractivity contribution in [3.63, 3.8) is 0 Å². The van der Waals surface area contributed by atoms with E-state index in [1.54, 1.807) is 0 Å². The monoisotopic (exact) mass is 305 g/mol. The lowest BCUT2D eigenvalue weighted by atomic mass is 10.2. The lowest BCUT2D eigenvalue weighted by Gasteiger charge is -2.23. The standard InChI is InChI=1S/C11H13Cl2N3O2.CH4/c1-11(2,3)18-10(17)16-4-6-7(5-16)14-9(13)15-8(6)12;/h4-5H2,1-3H3;1H4. The van der Waals surface area contributed by atoms with E-state index in [2.05, 4.69) is 9.97 Å². The molecule has 1 aromatic heterocycles. The zero-order chi connectivity index (χ0) is 13.5. The van der Waals surface area contributed by atoms with E-state index in [9.17, 15) is 4.79 Å². The fourth-order valence-corrected chi connectivity index (χ4v) is 2.12. The van der Waals surface area contributed by atoms with Crippen LogP contribution in [0.3, 0.4) is 0 Å². The molecular formula is C12H17Cl2N3O2. The van der Waals surface area contributed by atoms with E-state index in [4.69, 9.17) is 27.9 Å². The molecule has 0 aliphatic carbocycles. The van der Waals surface area contributed by atoms with Gasteiger partial charge in [0.15, 0.2) is 0 Å². The van der Waals surface area contributed by atoms with E-state index in [0.717, 1.165) is 5.56 Å². The molecular weight excluding hydrogens is 289 g/mol. The molecule has 5 nitrogen and oxygen atoms in total. The van der Waals surface area contributed by atoms with Gasteiger partial charge in [0.05, 0.1) is 18.8 Å². The highest BCUT2D eigenvalue weighted by Crippen LogP contribution is 2.28. The molecule has 0 saturated carbocycles. The second kappa shape index (κ2) is 5.51. The third-order valence-corrected chi connectivity index (χ3v) is 2.84. The second-order valence-corrected chi connectivity index (χ2v) is 5.74. The first-order chi connectivity index (χ1) is 8.26. The van der Waals surface area contributed by atoms with Crippen molar-refractivity contribution in [3.8, 4) is 0 Å². The third-order valence-electron chi connectivity index (χ3n) is 2.36. The Bertz CT molecular complexity index is 500. The van der Waals surface area contributed by atoms with Crippen molar-refractivity contribution in [1.82, 2.24) is 14.9 Å². The second-order valence-electron chi connectivity index (χ2n) is 5.05. The van der Waals surface area contributed by atoms with E-state index >= 15 is 0 Å². The van der Waals surface area contributed by atoms with E-state index in [1.165, 1.54) is 4.90 Å². The Balaban J connectivity index is 0.00000180. The number of halogens is 2. The average molecular weight is 306 g/mol. The van der Waals surface area contributed by atoms with Crippen LogP contribution >= 0.6 is 23.2 Å². The molecule has 0 fully saturated rings. The molecule has 2 heterocycles. The molecule has 0 atom stereocenters. The molecule has 1 aromatic rings. The molecule has 7 heteroatoms. The van der Waals surface area contributed by atoms with Gasteiger partial charge in [-0.1, -0.05) is 19.0 Å². The first-order valence-corrected chi connectivity index (χ1v) is 6.20. The Hall–Kier alpha value is -1.07. The number of carbonyl (C=O) groups is 1. The molecule has 106 valence electrons. The smallest absolute Gasteiger partial charge is 0.410 e. The van der Waals surface area contributed by atoms with Crippen LogP contribution in [0.2, 0.25) is 10.4 Å². The summed E-state index contributed by atoms with van der Waals surface area (Å²) in [6.07, 6.45) is -0.396. The lowest BCUT2D eigenvalue weighted by Crippen LogP contribution is -2.33. The summed E-state index contributed by atoms with van der Waals surface area (Å²) in [5.41, 5.74) is 0.872. The van der Waals surface area contributed by atoms with Gasteiger partial charge in [0, 0.05) is 5.56 Å². The van der Waals surface area contributed by atoms with Crippen LogP contribution in [0.4, 0.5) is 4.79 Å². The molecule has 0 N–H and O–H groups in total. The summed E-state index contributed by atoms with van der Waals surface area (Å²) in [4.78, 5) is 21.3. The Labute approximate surface area is 122 Å². The highest BCUT2D eigenvalue weighted by molar-refractivity contribution is 6.32. The highest BCUT2D eigenvalue weighted by Gasteiger charge is 2.30. The van der Waals surface area contributed by atoms with Gasteiger partial charge < -0.3 is 4.74 Å². The van der Waals surface area contributed by atoms with Crippen LogP contribution < -0.4 is 0 Å². The van der Waals surface area contributed by atoms with E-state index in [1.807, 2.05) is 20.8 Å². The molecule has 19 heavy (non-hydrogen) atoms. The fraction of sp³-hybridized carbons (Fsp3) is 0.583. The predicted molar refractivity (Wildman–Crippen MR) is 74.3 cm³/mol. The van der Waals surface area contributed by atoms with Crippen molar-refractivity contribution in [2.45, 2.75) is 46.9 Å². The lowest BCUT2D eigenvalue weighted by molar-refractivity contribution is 0.0240. The minimum atomic E-state index is -0.529. The topological polar surface area (TPSA) is 55.3 Å². The van der Waals surface area contributed by atoms with Crippen molar-refractivity contribution >= 4 is 29.3 Å². The van der Waals surface area contributed by atoms with Crippen LogP contribution in [0.5, 0.6) is 0 Å². The fourth-order valence-electron chi connectivity index (χ4n) is 1.64. The van der Waals surface area contributed by atoms with Crippen molar-refractivity contribution in [2.75, 3.05) is 0 Å². The number of nitrogens with zero attached hydrogens (tertiary/aromatic N) is 3. The van der Waals surface area contributed by atoms with Crippen molar-refractivity contribution in [3.05, 3.63) is 21.7 Å². The molecule has 0 bridgehead atoms. The van der Waals surface area contributed by atoms with Gasteiger partial charge in [-0.15, -0.1) is 0 Å². The molecule has 0 spiro atoms. The maximum absolute atomic E-state index is 11.9. The summed E-state index contributed by atoms with van der Waals surface area (Å²) in [5.74, 6) is 0. The van der Waals surface area contributed by atoms with Crippen LogP contribution in [0.15, 0.2) is 0 Å². The van der Waals surface area contributed by atoms with E-state index in [0.29, 0.717) is 18.8 Å². The maximum Gasteiger partial charge on any atom is 0.410 e. The zero-order valence-electron chi connectivity index (χ0n) is 10.3. The van der Waals surface area contributed by atoms with Crippen LogP contribution in [0.25, 0.3) is 0 Å². The Morgan fingerprint density at radius 3 is 2.47 bits per heavy atom. The Morgan fingerprint density at radius 1 is 1.26 bits per heavy atom. The Kier molecular flexibility index (Phi) is 4.63. The number of carbonyl (C=O) groups excluding carboxylic acids is 1. The zero-order valence-corrected chi connectivity index (χ0v) is 11.8. The largest absolute Gasteiger partial charge is 0.444 e. The van der Waals surface area contributed by atoms with Crippen molar-refractivity contribution in [2.24, 2.45) is 0 Å². The summed E-state index contributed by atoms with van der Waals surface area (Å²) in [6, 6.07) is 0. The minimum absolute atomic E-state index is 0. The molecule has 0 unspecified atom stereocenters. The van der Waals surface area contributed by atoms with Gasteiger partial charge in [-0.05, 0) is 32.4 Å². The Morgan fingerprint density at radius 2 is 1.89 bits per heavy atom. The number of hydrogen-bond donors (Lipinski definition) is 0. The molecule has 2 rings (SSSR count). The summed E-state index contributed by atoms with van der Waals surface area (Å²) in [7, 11) is 0. The maximum atomic E-state index is 11.9. The van der Waals surface area contributed by atoms with Crippen LogP contribution in [-0.4, -0.2) is 26.6 Å². The van der Waals surface area contributed by atoms with E-state index in [-0.39, 0.29) is 17.9 Å². The first kappa shape index (κ1) is 16.0. The highest BCUT2D eigenvalue weighted by atomic mass is 35.5.